The normalized spacial score (nSPS) is 32.6. The van der Waals surface area contributed by atoms with Crippen molar-refractivity contribution in [1.29, 1.82) is 0 Å². The van der Waals surface area contributed by atoms with E-state index in [9.17, 15) is 0 Å². The molecule has 1 saturated carbocycles. The first-order valence-electron chi connectivity index (χ1n) is 7.39. The Kier molecular flexibility index (Phi) is 6.41. The van der Waals surface area contributed by atoms with E-state index in [1.54, 1.807) is 0 Å². The SMILES string of the molecule is CCCCCC(C)NC1CCC(C)C(C)C1. The van der Waals surface area contributed by atoms with E-state index in [4.69, 9.17) is 0 Å². The molecule has 16 heavy (non-hydrogen) atoms. The van der Waals surface area contributed by atoms with Gasteiger partial charge in [-0.1, -0.05) is 40.0 Å². The zero-order chi connectivity index (χ0) is 12.0. The van der Waals surface area contributed by atoms with Gasteiger partial charge >= 0.3 is 0 Å². The molecule has 0 radical (unpaired) electrons. The molecule has 0 bridgehead atoms. The Morgan fingerprint density at radius 3 is 2.50 bits per heavy atom. The highest BCUT2D eigenvalue weighted by molar-refractivity contribution is 4.81. The van der Waals surface area contributed by atoms with Crippen LogP contribution < -0.4 is 5.32 Å². The fourth-order valence-corrected chi connectivity index (χ4v) is 2.89. The molecule has 0 amide bonds. The van der Waals surface area contributed by atoms with Gasteiger partial charge in [-0.2, -0.15) is 0 Å². The smallest absolute Gasteiger partial charge is 0.00722 e. The molecule has 4 unspecified atom stereocenters. The largest absolute Gasteiger partial charge is 0.311 e. The van der Waals surface area contributed by atoms with Crippen LogP contribution in [-0.2, 0) is 0 Å². The summed E-state index contributed by atoms with van der Waals surface area (Å²) in [6.07, 6.45) is 9.68. The van der Waals surface area contributed by atoms with Crippen molar-refractivity contribution in [3.63, 3.8) is 0 Å². The van der Waals surface area contributed by atoms with Crippen LogP contribution in [0.15, 0.2) is 0 Å². The third kappa shape index (κ3) is 4.86. The summed E-state index contributed by atoms with van der Waals surface area (Å²) in [5.74, 6) is 1.85. The van der Waals surface area contributed by atoms with Gasteiger partial charge in [-0.05, 0) is 44.4 Å². The van der Waals surface area contributed by atoms with E-state index in [2.05, 4.69) is 33.0 Å². The minimum absolute atomic E-state index is 0.720. The van der Waals surface area contributed by atoms with Crippen molar-refractivity contribution < 1.29 is 0 Å². The van der Waals surface area contributed by atoms with Gasteiger partial charge in [0, 0.05) is 12.1 Å². The molecule has 1 aliphatic rings. The maximum Gasteiger partial charge on any atom is 0.00722 e. The second-order valence-corrected chi connectivity index (χ2v) is 6.03. The Hall–Kier alpha value is -0.0400. The fourth-order valence-electron chi connectivity index (χ4n) is 2.89. The first kappa shape index (κ1) is 14.0. The third-order valence-electron chi connectivity index (χ3n) is 4.36. The van der Waals surface area contributed by atoms with Crippen molar-refractivity contribution in [1.82, 2.24) is 5.32 Å². The standard InChI is InChI=1S/C15H31N/c1-5-6-7-8-14(4)16-15-10-9-12(2)13(3)11-15/h12-16H,5-11H2,1-4H3. The molecule has 1 fully saturated rings. The van der Waals surface area contributed by atoms with Gasteiger partial charge in [-0.15, -0.1) is 0 Å². The second kappa shape index (κ2) is 7.32. The van der Waals surface area contributed by atoms with Crippen molar-refractivity contribution in [2.45, 2.75) is 84.7 Å². The highest BCUT2D eigenvalue weighted by atomic mass is 14.9. The molecule has 1 aliphatic carbocycles. The number of hydrogen-bond donors (Lipinski definition) is 1. The van der Waals surface area contributed by atoms with Gasteiger partial charge in [-0.25, -0.2) is 0 Å². The van der Waals surface area contributed by atoms with E-state index in [1.807, 2.05) is 0 Å². The summed E-state index contributed by atoms with van der Waals surface area (Å²) in [6.45, 7) is 9.46. The minimum atomic E-state index is 0.720. The molecular formula is C15H31N. The molecular weight excluding hydrogens is 194 g/mol. The lowest BCUT2D eigenvalue weighted by atomic mass is 9.79. The molecule has 96 valence electrons. The van der Waals surface area contributed by atoms with Gasteiger partial charge in [0.1, 0.15) is 0 Å². The number of unbranched alkanes of at least 4 members (excludes halogenated alkanes) is 2. The third-order valence-corrected chi connectivity index (χ3v) is 4.36. The summed E-state index contributed by atoms with van der Waals surface area (Å²) < 4.78 is 0. The van der Waals surface area contributed by atoms with Gasteiger partial charge < -0.3 is 5.32 Å². The first-order chi connectivity index (χ1) is 7.63. The summed E-state index contributed by atoms with van der Waals surface area (Å²) >= 11 is 0. The Bertz CT molecular complexity index is 178. The van der Waals surface area contributed by atoms with E-state index >= 15 is 0 Å². The van der Waals surface area contributed by atoms with E-state index in [0.717, 1.165) is 23.9 Å². The summed E-state index contributed by atoms with van der Waals surface area (Å²) in [5, 5.41) is 3.83. The predicted molar refractivity (Wildman–Crippen MR) is 72.7 cm³/mol. The van der Waals surface area contributed by atoms with E-state index in [1.165, 1.54) is 44.9 Å². The monoisotopic (exact) mass is 225 g/mol. The average molecular weight is 225 g/mol. The maximum absolute atomic E-state index is 3.83. The lowest BCUT2D eigenvalue weighted by molar-refractivity contribution is 0.214. The van der Waals surface area contributed by atoms with Crippen molar-refractivity contribution in [3.05, 3.63) is 0 Å². The molecule has 1 nitrogen and oxygen atoms in total. The Labute approximate surface area is 102 Å². The molecule has 0 aromatic heterocycles. The highest BCUT2D eigenvalue weighted by Gasteiger charge is 2.24. The summed E-state index contributed by atoms with van der Waals surface area (Å²) in [6, 6.07) is 1.51. The van der Waals surface area contributed by atoms with E-state index < -0.39 is 0 Å². The Morgan fingerprint density at radius 1 is 1.12 bits per heavy atom. The van der Waals surface area contributed by atoms with Crippen LogP contribution in [0, 0.1) is 11.8 Å². The van der Waals surface area contributed by atoms with Crippen LogP contribution in [0.3, 0.4) is 0 Å². The molecule has 4 atom stereocenters. The summed E-state index contributed by atoms with van der Waals surface area (Å²) in [4.78, 5) is 0. The van der Waals surface area contributed by atoms with E-state index in [0.29, 0.717) is 0 Å². The van der Waals surface area contributed by atoms with Crippen LogP contribution in [0.5, 0.6) is 0 Å². The topological polar surface area (TPSA) is 12.0 Å². The molecule has 1 N–H and O–H groups in total. The van der Waals surface area contributed by atoms with Crippen LogP contribution >= 0.6 is 0 Å². The molecule has 1 heteroatoms. The van der Waals surface area contributed by atoms with Gasteiger partial charge in [0.15, 0.2) is 0 Å². The van der Waals surface area contributed by atoms with Crippen LogP contribution in [0.2, 0.25) is 0 Å². The average Bonchev–Trinajstić information content (AvgIpc) is 2.24. The number of hydrogen-bond acceptors (Lipinski definition) is 1. The Morgan fingerprint density at radius 2 is 1.88 bits per heavy atom. The van der Waals surface area contributed by atoms with Crippen molar-refractivity contribution in [3.8, 4) is 0 Å². The number of rotatable bonds is 6. The fraction of sp³-hybridized carbons (Fsp3) is 1.00. The molecule has 0 aromatic rings. The van der Waals surface area contributed by atoms with Crippen LogP contribution in [-0.4, -0.2) is 12.1 Å². The molecule has 0 heterocycles. The van der Waals surface area contributed by atoms with Crippen LogP contribution in [0.25, 0.3) is 0 Å². The van der Waals surface area contributed by atoms with Gasteiger partial charge in [0.05, 0.1) is 0 Å². The van der Waals surface area contributed by atoms with Gasteiger partial charge in [0.25, 0.3) is 0 Å². The Balaban J connectivity index is 2.16. The predicted octanol–water partition coefficient (Wildman–Crippen LogP) is 4.37. The number of nitrogens with one attached hydrogen (secondary N) is 1. The van der Waals surface area contributed by atoms with Crippen molar-refractivity contribution in [2.75, 3.05) is 0 Å². The van der Waals surface area contributed by atoms with Crippen LogP contribution in [0.1, 0.15) is 72.6 Å². The van der Waals surface area contributed by atoms with Crippen LogP contribution in [0.4, 0.5) is 0 Å². The molecule has 1 rings (SSSR count). The minimum Gasteiger partial charge on any atom is -0.311 e. The van der Waals surface area contributed by atoms with Gasteiger partial charge in [-0.3, -0.25) is 0 Å². The summed E-state index contributed by atoms with van der Waals surface area (Å²) in [7, 11) is 0. The van der Waals surface area contributed by atoms with Gasteiger partial charge in [0.2, 0.25) is 0 Å². The molecule has 0 aromatic carbocycles. The maximum atomic E-state index is 3.83. The zero-order valence-corrected chi connectivity index (χ0v) is 11.8. The quantitative estimate of drug-likeness (QED) is 0.662. The first-order valence-corrected chi connectivity index (χ1v) is 7.39. The highest BCUT2D eigenvalue weighted by Crippen LogP contribution is 2.29. The molecule has 0 spiro atoms. The molecule has 0 saturated heterocycles. The second-order valence-electron chi connectivity index (χ2n) is 6.03. The van der Waals surface area contributed by atoms with E-state index in [-0.39, 0.29) is 0 Å². The molecule has 0 aliphatic heterocycles. The summed E-state index contributed by atoms with van der Waals surface area (Å²) in [5.41, 5.74) is 0. The lowest BCUT2D eigenvalue weighted by Crippen LogP contribution is -2.41. The lowest BCUT2D eigenvalue weighted by Gasteiger charge is -2.34. The van der Waals surface area contributed by atoms with Crippen molar-refractivity contribution in [2.24, 2.45) is 11.8 Å². The zero-order valence-electron chi connectivity index (χ0n) is 11.8. The van der Waals surface area contributed by atoms with Crippen molar-refractivity contribution >= 4 is 0 Å².